The summed E-state index contributed by atoms with van der Waals surface area (Å²) >= 11 is 6.11. The van der Waals surface area contributed by atoms with Gasteiger partial charge in [0.2, 0.25) is 0 Å². The summed E-state index contributed by atoms with van der Waals surface area (Å²) in [6.07, 6.45) is -0.406. The van der Waals surface area contributed by atoms with E-state index in [-0.39, 0.29) is 24.0 Å². The predicted octanol–water partition coefficient (Wildman–Crippen LogP) is 3.22. The Morgan fingerprint density at radius 3 is 2.67 bits per heavy atom. The van der Waals surface area contributed by atoms with Gasteiger partial charge in [0.25, 0.3) is 5.91 Å². The maximum Gasteiger partial charge on any atom is 0.264 e. The minimum atomic E-state index is -3.14. The molecule has 1 aliphatic heterocycles. The van der Waals surface area contributed by atoms with E-state index in [0.29, 0.717) is 23.0 Å². The maximum atomic E-state index is 13.1. The quantitative estimate of drug-likeness (QED) is 0.729. The Hall–Kier alpha value is -1.99. The lowest BCUT2D eigenvalue weighted by Gasteiger charge is -2.30. The van der Waals surface area contributed by atoms with E-state index in [1.165, 1.54) is 0 Å². The Kier molecular flexibility index (Phi) is 5.81. The number of para-hydroxylation sites is 1. The van der Waals surface area contributed by atoms with Gasteiger partial charge in [-0.2, -0.15) is 0 Å². The molecule has 0 N–H and O–H groups in total. The number of furan rings is 1. The van der Waals surface area contributed by atoms with E-state index in [9.17, 15) is 13.2 Å². The molecule has 1 aliphatic rings. The zero-order valence-corrected chi connectivity index (χ0v) is 16.8. The number of hydrogen-bond donors (Lipinski definition) is 0. The molecule has 146 valence electrons. The Labute approximate surface area is 164 Å². The van der Waals surface area contributed by atoms with E-state index in [1.54, 1.807) is 42.2 Å². The highest BCUT2D eigenvalue weighted by Crippen LogP contribution is 2.26. The summed E-state index contributed by atoms with van der Waals surface area (Å²) in [6, 6.07) is 10.1. The van der Waals surface area contributed by atoms with E-state index >= 15 is 0 Å². The summed E-state index contributed by atoms with van der Waals surface area (Å²) in [4.78, 5) is 14.6. The third-order valence-corrected chi connectivity index (χ3v) is 6.61. The second-order valence-corrected chi connectivity index (χ2v) is 9.36. The molecule has 0 spiro atoms. The number of rotatable bonds is 6. The van der Waals surface area contributed by atoms with Crippen LogP contribution in [0.2, 0.25) is 5.02 Å². The first-order valence-electron chi connectivity index (χ1n) is 8.72. The average Bonchev–Trinajstić information content (AvgIpc) is 3.19. The number of carbonyl (C=O) groups excluding carboxylic acids is 1. The molecule has 1 aromatic carbocycles. The van der Waals surface area contributed by atoms with Gasteiger partial charge in [0, 0.05) is 6.04 Å². The molecule has 1 aromatic heterocycles. The number of nitrogens with zero attached hydrogens (tertiary/aromatic N) is 1. The van der Waals surface area contributed by atoms with Crippen LogP contribution >= 0.6 is 11.6 Å². The van der Waals surface area contributed by atoms with E-state index in [2.05, 4.69) is 0 Å². The highest BCUT2D eigenvalue weighted by Gasteiger charge is 2.37. The zero-order chi connectivity index (χ0) is 19.6. The van der Waals surface area contributed by atoms with Crippen LogP contribution in [0.15, 0.2) is 40.8 Å². The van der Waals surface area contributed by atoms with Gasteiger partial charge in [-0.15, -0.1) is 0 Å². The Balaban J connectivity index is 1.80. The summed E-state index contributed by atoms with van der Waals surface area (Å²) in [5.74, 6) is 1.49. The molecule has 2 aromatic rings. The van der Waals surface area contributed by atoms with Crippen LogP contribution in [0, 0.1) is 6.92 Å². The number of benzene rings is 1. The molecular formula is C19H22ClNO5S. The van der Waals surface area contributed by atoms with Gasteiger partial charge in [-0.3, -0.25) is 4.79 Å². The number of aryl methyl sites for hydroxylation is 1. The van der Waals surface area contributed by atoms with Crippen molar-refractivity contribution in [3.63, 3.8) is 0 Å². The van der Waals surface area contributed by atoms with Gasteiger partial charge in [-0.1, -0.05) is 23.7 Å². The molecule has 8 heteroatoms. The number of amides is 1. The van der Waals surface area contributed by atoms with Crippen molar-refractivity contribution >= 4 is 27.3 Å². The van der Waals surface area contributed by atoms with Gasteiger partial charge in [0.1, 0.15) is 17.3 Å². The van der Waals surface area contributed by atoms with Gasteiger partial charge < -0.3 is 14.1 Å². The second kappa shape index (κ2) is 7.94. The fourth-order valence-corrected chi connectivity index (χ4v) is 5.07. The summed E-state index contributed by atoms with van der Waals surface area (Å²) in [5, 5.41) is 0.411. The smallest absolute Gasteiger partial charge is 0.264 e. The Morgan fingerprint density at radius 2 is 2.07 bits per heavy atom. The molecule has 0 unspecified atom stereocenters. The van der Waals surface area contributed by atoms with Crippen LogP contribution in [-0.4, -0.2) is 42.9 Å². The highest BCUT2D eigenvalue weighted by atomic mass is 35.5. The van der Waals surface area contributed by atoms with Crippen molar-refractivity contribution in [2.24, 2.45) is 0 Å². The van der Waals surface area contributed by atoms with Crippen LogP contribution in [0.5, 0.6) is 5.75 Å². The molecule has 27 heavy (non-hydrogen) atoms. The zero-order valence-electron chi connectivity index (χ0n) is 15.2. The number of ether oxygens (including phenoxy) is 1. The molecule has 0 aliphatic carbocycles. The number of halogens is 1. The molecule has 0 saturated carbocycles. The van der Waals surface area contributed by atoms with Crippen LogP contribution in [0.3, 0.4) is 0 Å². The van der Waals surface area contributed by atoms with Crippen molar-refractivity contribution in [1.29, 1.82) is 0 Å². The monoisotopic (exact) mass is 411 g/mol. The molecule has 6 nitrogen and oxygen atoms in total. The fourth-order valence-electron chi connectivity index (χ4n) is 3.16. The molecular weight excluding hydrogens is 390 g/mol. The second-order valence-electron chi connectivity index (χ2n) is 6.73. The van der Waals surface area contributed by atoms with Crippen LogP contribution < -0.4 is 4.74 Å². The summed E-state index contributed by atoms with van der Waals surface area (Å²) < 4.78 is 35.2. The minimum absolute atomic E-state index is 0.0444. The highest BCUT2D eigenvalue weighted by molar-refractivity contribution is 7.91. The van der Waals surface area contributed by atoms with Crippen molar-refractivity contribution in [3.05, 3.63) is 52.9 Å². The van der Waals surface area contributed by atoms with Crippen LogP contribution in [-0.2, 0) is 21.2 Å². The first-order valence-corrected chi connectivity index (χ1v) is 10.9. The van der Waals surface area contributed by atoms with Crippen molar-refractivity contribution in [1.82, 2.24) is 4.90 Å². The molecule has 1 fully saturated rings. The standard InChI is InChI=1S/C19H22ClNO5S/c1-13-7-8-16(25-13)11-21(15-9-10-27(23,24)12-15)19(22)14(2)26-18-6-4-3-5-17(18)20/h3-8,14-15H,9-12H2,1-2H3/t14-,15+/m1/s1. The third-order valence-electron chi connectivity index (χ3n) is 4.54. The van der Waals surface area contributed by atoms with Crippen molar-refractivity contribution in [2.45, 2.75) is 39.0 Å². The minimum Gasteiger partial charge on any atom is -0.479 e. The van der Waals surface area contributed by atoms with Crippen LogP contribution in [0.1, 0.15) is 24.9 Å². The molecule has 2 heterocycles. The van der Waals surface area contributed by atoms with E-state index in [4.69, 9.17) is 20.8 Å². The Bertz CT molecular complexity index is 924. The van der Waals surface area contributed by atoms with Gasteiger partial charge in [-0.05, 0) is 44.5 Å². The lowest BCUT2D eigenvalue weighted by Crippen LogP contribution is -2.46. The number of carbonyl (C=O) groups is 1. The van der Waals surface area contributed by atoms with Crippen molar-refractivity contribution < 1.29 is 22.4 Å². The van der Waals surface area contributed by atoms with Gasteiger partial charge in [0.05, 0.1) is 23.1 Å². The molecule has 0 bridgehead atoms. The number of hydrogen-bond acceptors (Lipinski definition) is 5. The van der Waals surface area contributed by atoms with Gasteiger partial charge in [-0.25, -0.2) is 8.42 Å². The van der Waals surface area contributed by atoms with Crippen molar-refractivity contribution in [2.75, 3.05) is 11.5 Å². The number of sulfone groups is 1. The van der Waals surface area contributed by atoms with E-state index < -0.39 is 22.0 Å². The largest absolute Gasteiger partial charge is 0.479 e. The van der Waals surface area contributed by atoms with Gasteiger partial charge >= 0.3 is 0 Å². The molecule has 0 radical (unpaired) electrons. The average molecular weight is 412 g/mol. The third kappa shape index (κ3) is 4.84. The Morgan fingerprint density at radius 1 is 1.33 bits per heavy atom. The van der Waals surface area contributed by atoms with Gasteiger partial charge in [0.15, 0.2) is 15.9 Å². The summed E-state index contributed by atoms with van der Waals surface area (Å²) in [7, 11) is -3.14. The topological polar surface area (TPSA) is 76.8 Å². The summed E-state index contributed by atoms with van der Waals surface area (Å²) in [6.45, 7) is 3.65. The maximum absolute atomic E-state index is 13.1. The van der Waals surface area contributed by atoms with Crippen molar-refractivity contribution in [3.8, 4) is 5.75 Å². The summed E-state index contributed by atoms with van der Waals surface area (Å²) in [5.41, 5.74) is 0. The molecule has 2 atom stereocenters. The lowest BCUT2D eigenvalue weighted by atomic mass is 10.2. The molecule has 1 saturated heterocycles. The first-order chi connectivity index (χ1) is 12.7. The first kappa shape index (κ1) is 19.8. The van der Waals surface area contributed by atoms with E-state index in [0.717, 1.165) is 5.76 Å². The fraction of sp³-hybridized carbons (Fsp3) is 0.421. The normalized spacial score (nSPS) is 19.6. The molecule has 1 amide bonds. The lowest BCUT2D eigenvalue weighted by molar-refractivity contribution is -0.140. The predicted molar refractivity (Wildman–Crippen MR) is 103 cm³/mol. The molecule has 3 rings (SSSR count). The SMILES string of the molecule is Cc1ccc(CN(C(=O)[C@@H](C)Oc2ccccc2Cl)[C@H]2CCS(=O)(=O)C2)o1. The van der Waals surface area contributed by atoms with E-state index in [1.807, 2.05) is 13.0 Å². The van der Waals surface area contributed by atoms with Crippen LogP contribution in [0.4, 0.5) is 0 Å². The van der Waals surface area contributed by atoms with Crippen LogP contribution in [0.25, 0.3) is 0 Å².